The van der Waals surface area contributed by atoms with E-state index in [-0.39, 0.29) is 12.4 Å². The molecule has 2 rings (SSSR count). The molecule has 0 bridgehead atoms. The lowest BCUT2D eigenvalue weighted by molar-refractivity contribution is -0.191. The summed E-state index contributed by atoms with van der Waals surface area (Å²) >= 11 is 0. The Morgan fingerprint density at radius 3 is 2.33 bits per heavy atom. The topological polar surface area (TPSA) is 27.7 Å². The number of hydrogen-bond acceptors (Lipinski definition) is 3. The van der Waals surface area contributed by atoms with Crippen molar-refractivity contribution in [2.24, 2.45) is 11.8 Å². The lowest BCUT2D eigenvalue weighted by Gasteiger charge is -2.29. The highest BCUT2D eigenvalue weighted by atomic mass is 19.3. The largest absolute Gasteiger partial charge is 0.379 e. The zero-order chi connectivity index (χ0) is 17.2. The fraction of sp³-hybridized carbons (Fsp3) is 0.895. The molecule has 5 heteroatoms. The average Bonchev–Trinajstić information content (AvgIpc) is 2.60. The van der Waals surface area contributed by atoms with E-state index >= 15 is 0 Å². The van der Waals surface area contributed by atoms with E-state index in [1.54, 1.807) is 7.11 Å². The standard InChI is InChI=1S/C19H32F2O3/c1-22-17-11-12-19(24-14-17)23-13-3-5-16-9-7-15(8-10-16)4-2-6-18(20)21/h6,15-17,19H,2-5,7-14H2,1H3. The van der Waals surface area contributed by atoms with Gasteiger partial charge in [-0.25, -0.2) is 0 Å². The van der Waals surface area contributed by atoms with Crippen molar-refractivity contribution < 1.29 is 23.0 Å². The van der Waals surface area contributed by atoms with E-state index in [2.05, 4.69) is 0 Å². The van der Waals surface area contributed by atoms with Crippen molar-refractivity contribution in [2.45, 2.75) is 76.6 Å². The van der Waals surface area contributed by atoms with E-state index in [1.165, 1.54) is 32.1 Å². The van der Waals surface area contributed by atoms with Gasteiger partial charge in [0.1, 0.15) is 0 Å². The smallest absolute Gasteiger partial charge is 0.266 e. The maximum absolute atomic E-state index is 12.0. The highest BCUT2D eigenvalue weighted by molar-refractivity contribution is 4.82. The monoisotopic (exact) mass is 346 g/mol. The third-order valence-corrected chi connectivity index (χ3v) is 5.43. The molecule has 2 atom stereocenters. The molecule has 24 heavy (non-hydrogen) atoms. The van der Waals surface area contributed by atoms with Gasteiger partial charge in [0.05, 0.1) is 12.7 Å². The Labute approximate surface area is 144 Å². The van der Waals surface area contributed by atoms with Gasteiger partial charge in [0.15, 0.2) is 6.29 Å². The van der Waals surface area contributed by atoms with Crippen LogP contribution in [0.15, 0.2) is 12.2 Å². The van der Waals surface area contributed by atoms with Crippen molar-refractivity contribution in [2.75, 3.05) is 20.3 Å². The molecule has 0 radical (unpaired) electrons. The van der Waals surface area contributed by atoms with E-state index in [1.807, 2.05) is 0 Å². The molecule has 3 nitrogen and oxygen atoms in total. The van der Waals surface area contributed by atoms with Gasteiger partial charge in [-0.1, -0.05) is 25.7 Å². The average molecular weight is 346 g/mol. The van der Waals surface area contributed by atoms with Crippen LogP contribution in [0.4, 0.5) is 8.78 Å². The maximum Gasteiger partial charge on any atom is 0.266 e. The second kappa shape index (κ2) is 11.2. The highest BCUT2D eigenvalue weighted by Crippen LogP contribution is 2.34. The number of hydrogen-bond donors (Lipinski definition) is 0. The first-order chi connectivity index (χ1) is 11.7. The van der Waals surface area contributed by atoms with Crippen molar-refractivity contribution in [3.05, 3.63) is 12.2 Å². The van der Waals surface area contributed by atoms with Crippen molar-refractivity contribution in [1.29, 1.82) is 0 Å². The van der Waals surface area contributed by atoms with E-state index in [4.69, 9.17) is 14.2 Å². The van der Waals surface area contributed by atoms with Gasteiger partial charge >= 0.3 is 0 Å². The van der Waals surface area contributed by atoms with Crippen LogP contribution in [0, 0.1) is 11.8 Å². The van der Waals surface area contributed by atoms with Crippen LogP contribution in [0.25, 0.3) is 0 Å². The molecule has 2 aliphatic rings. The minimum atomic E-state index is -1.54. The predicted octanol–water partition coefficient (Wildman–Crippen LogP) is 5.30. The molecule has 0 spiro atoms. The summed E-state index contributed by atoms with van der Waals surface area (Å²) in [7, 11) is 1.72. The Morgan fingerprint density at radius 2 is 1.75 bits per heavy atom. The quantitative estimate of drug-likeness (QED) is 0.530. The van der Waals surface area contributed by atoms with E-state index < -0.39 is 6.08 Å². The first-order valence-electron chi connectivity index (χ1n) is 9.44. The fourth-order valence-electron chi connectivity index (χ4n) is 3.84. The summed E-state index contributed by atoms with van der Waals surface area (Å²) < 4.78 is 40.8. The molecule has 1 aliphatic carbocycles. The van der Waals surface area contributed by atoms with Gasteiger partial charge in [0.2, 0.25) is 0 Å². The number of ether oxygens (including phenoxy) is 3. The van der Waals surface area contributed by atoms with Crippen LogP contribution in [-0.2, 0) is 14.2 Å². The molecule has 2 unspecified atom stereocenters. The fourth-order valence-corrected chi connectivity index (χ4v) is 3.84. The van der Waals surface area contributed by atoms with Crippen LogP contribution in [0.1, 0.15) is 64.2 Å². The van der Waals surface area contributed by atoms with Crippen molar-refractivity contribution >= 4 is 0 Å². The highest BCUT2D eigenvalue weighted by Gasteiger charge is 2.23. The first-order valence-corrected chi connectivity index (χ1v) is 9.44. The van der Waals surface area contributed by atoms with Gasteiger partial charge in [-0.3, -0.25) is 0 Å². The lowest BCUT2D eigenvalue weighted by atomic mass is 9.78. The van der Waals surface area contributed by atoms with Crippen LogP contribution < -0.4 is 0 Å². The summed E-state index contributed by atoms with van der Waals surface area (Å²) in [5.74, 6) is 1.42. The molecular weight excluding hydrogens is 314 g/mol. The minimum Gasteiger partial charge on any atom is -0.379 e. The molecule has 2 fully saturated rings. The number of methoxy groups -OCH3 is 1. The summed E-state index contributed by atoms with van der Waals surface area (Å²) in [6, 6.07) is 0. The normalized spacial score (nSPS) is 31.0. The van der Waals surface area contributed by atoms with Gasteiger partial charge < -0.3 is 14.2 Å². The minimum absolute atomic E-state index is 0.0592. The second-order valence-electron chi connectivity index (χ2n) is 7.17. The SMILES string of the molecule is COC1CCC(OCCCC2CCC(CCC=C(F)F)CC2)OC1. The molecule has 1 heterocycles. The van der Waals surface area contributed by atoms with Crippen LogP contribution in [-0.4, -0.2) is 32.7 Å². The summed E-state index contributed by atoms with van der Waals surface area (Å²) in [5, 5.41) is 0. The van der Waals surface area contributed by atoms with Crippen LogP contribution in [0.5, 0.6) is 0 Å². The van der Waals surface area contributed by atoms with Gasteiger partial charge in [-0.05, 0) is 50.0 Å². The molecule has 1 saturated heterocycles. The summed E-state index contributed by atoms with van der Waals surface area (Å²) in [6.07, 6.45) is 10.2. The lowest BCUT2D eigenvalue weighted by Crippen LogP contribution is -2.32. The first kappa shape index (κ1) is 19.8. The Kier molecular flexibility index (Phi) is 9.21. The van der Waals surface area contributed by atoms with Crippen molar-refractivity contribution in [3.8, 4) is 0 Å². The van der Waals surface area contributed by atoms with Crippen molar-refractivity contribution in [3.63, 3.8) is 0 Å². The third kappa shape index (κ3) is 7.58. The molecule has 0 N–H and O–H groups in total. The Bertz CT molecular complexity index is 356. The van der Waals surface area contributed by atoms with Crippen molar-refractivity contribution in [1.82, 2.24) is 0 Å². The number of allylic oxidation sites excluding steroid dienone is 1. The molecule has 0 aromatic heterocycles. The number of rotatable bonds is 9. The van der Waals surface area contributed by atoms with Crippen LogP contribution >= 0.6 is 0 Å². The zero-order valence-corrected chi connectivity index (χ0v) is 14.9. The molecule has 0 aromatic rings. The molecule has 1 aliphatic heterocycles. The molecule has 140 valence electrons. The Balaban J connectivity index is 1.47. The Morgan fingerprint density at radius 1 is 1.04 bits per heavy atom. The molecule has 1 saturated carbocycles. The molecule has 0 amide bonds. The van der Waals surface area contributed by atoms with Gasteiger partial charge in [0.25, 0.3) is 6.08 Å². The van der Waals surface area contributed by atoms with E-state index in [0.717, 1.165) is 44.3 Å². The third-order valence-electron chi connectivity index (χ3n) is 5.43. The summed E-state index contributed by atoms with van der Waals surface area (Å²) in [5.41, 5.74) is 0. The molecular formula is C19H32F2O3. The van der Waals surface area contributed by atoms with E-state index in [0.29, 0.717) is 18.9 Å². The van der Waals surface area contributed by atoms with Crippen LogP contribution in [0.2, 0.25) is 0 Å². The van der Waals surface area contributed by atoms with Crippen LogP contribution in [0.3, 0.4) is 0 Å². The van der Waals surface area contributed by atoms with Gasteiger partial charge in [-0.2, -0.15) is 8.78 Å². The maximum atomic E-state index is 12.0. The number of halogens is 2. The zero-order valence-electron chi connectivity index (χ0n) is 14.9. The summed E-state index contributed by atoms with van der Waals surface area (Å²) in [4.78, 5) is 0. The molecule has 0 aromatic carbocycles. The van der Waals surface area contributed by atoms with E-state index in [9.17, 15) is 8.78 Å². The predicted molar refractivity (Wildman–Crippen MR) is 89.9 cm³/mol. The van der Waals surface area contributed by atoms with Gasteiger partial charge in [-0.15, -0.1) is 0 Å². The summed E-state index contributed by atoms with van der Waals surface area (Å²) in [6.45, 7) is 1.40. The second-order valence-corrected chi connectivity index (χ2v) is 7.17. The Hall–Kier alpha value is -0.520. The van der Waals surface area contributed by atoms with Gasteiger partial charge in [0, 0.05) is 20.1 Å².